The Morgan fingerprint density at radius 3 is 2.46 bits per heavy atom. The Morgan fingerprint density at radius 2 is 1.74 bits per heavy atom. The van der Waals surface area contributed by atoms with Gasteiger partial charge in [-0.1, -0.05) is 64.1 Å². The Kier molecular flexibility index (Phi) is 9.43. The van der Waals surface area contributed by atoms with Gasteiger partial charge in [0.25, 0.3) is 0 Å². The highest BCUT2D eigenvalue weighted by atomic mass is 16.5. The smallest absolute Gasteiger partial charge is 0.345 e. The highest BCUT2D eigenvalue weighted by Crippen LogP contribution is 2.34. The Morgan fingerprint density at radius 1 is 1.00 bits per heavy atom. The first kappa shape index (κ1) is 28.4. The highest BCUT2D eigenvalue weighted by molar-refractivity contribution is 6.10. The quantitative estimate of drug-likeness (QED) is 0.363. The fourth-order valence-corrected chi connectivity index (χ4v) is 4.56. The van der Waals surface area contributed by atoms with Crippen LogP contribution in [0.15, 0.2) is 60.7 Å². The van der Waals surface area contributed by atoms with Crippen molar-refractivity contribution in [3.8, 4) is 5.75 Å². The second-order valence-electron chi connectivity index (χ2n) is 10.8. The Hall–Kier alpha value is -3.62. The number of rotatable bonds is 8. The van der Waals surface area contributed by atoms with Gasteiger partial charge < -0.3 is 14.8 Å². The number of hydrogen-bond donors (Lipinski definition) is 2. The predicted octanol–water partition coefficient (Wildman–Crippen LogP) is 5.72. The fraction of sp³-hybridized carbons (Fsp3) is 0.419. The van der Waals surface area contributed by atoms with Crippen molar-refractivity contribution in [3.05, 3.63) is 66.2 Å². The van der Waals surface area contributed by atoms with E-state index in [1.165, 1.54) is 5.01 Å². The van der Waals surface area contributed by atoms with Crippen LogP contribution in [0.1, 0.15) is 46.1 Å². The van der Waals surface area contributed by atoms with Crippen LogP contribution in [0.3, 0.4) is 0 Å². The molecule has 0 atom stereocenters. The third kappa shape index (κ3) is 7.49. The molecule has 1 heterocycles. The van der Waals surface area contributed by atoms with Crippen LogP contribution in [0, 0.1) is 0 Å². The Labute approximate surface area is 231 Å². The number of hydrazine groups is 1. The van der Waals surface area contributed by atoms with Gasteiger partial charge in [0.15, 0.2) is 0 Å². The number of nitrogens with one attached hydrogen (secondary N) is 2. The largest absolute Gasteiger partial charge is 0.492 e. The van der Waals surface area contributed by atoms with E-state index < -0.39 is 6.03 Å². The molecule has 0 saturated carbocycles. The number of nitrogens with zero attached hydrogens (tertiary/aromatic N) is 2. The molecule has 8 nitrogen and oxygen atoms in total. The number of carbonyl (C=O) groups excluding carboxylic acids is 2. The van der Waals surface area contributed by atoms with E-state index in [-0.39, 0.29) is 11.3 Å². The van der Waals surface area contributed by atoms with Gasteiger partial charge in [0.2, 0.25) is 5.91 Å². The molecule has 39 heavy (non-hydrogen) atoms. The number of carbonyl (C=O) groups is 2. The average molecular weight is 533 g/mol. The van der Waals surface area contributed by atoms with Crippen LogP contribution in [0.2, 0.25) is 0 Å². The molecule has 0 unspecified atom stereocenters. The summed E-state index contributed by atoms with van der Waals surface area (Å²) in [5.41, 5.74) is 5.09. The number of fused-ring (bicyclic) bond motifs is 1. The maximum atomic E-state index is 13.6. The lowest BCUT2D eigenvalue weighted by molar-refractivity contribution is -0.121. The van der Waals surface area contributed by atoms with Crippen molar-refractivity contribution in [2.75, 3.05) is 49.8 Å². The maximum absolute atomic E-state index is 13.6. The predicted molar refractivity (Wildman–Crippen MR) is 156 cm³/mol. The first-order chi connectivity index (χ1) is 18.8. The minimum Gasteiger partial charge on any atom is -0.492 e. The monoisotopic (exact) mass is 532 g/mol. The highest BCUT2D eigenvalue weighted by Gasteiger charge is 2.23. The summed E-state index contributed by atoms with van der Waals surface area (Å²) in [6.45, 7) is 13.0. The number of amides is 3. The lowest BCUT2D eigenvalue weighted by Crippen LogP contribution is -2.48. The first-order valence-electron chi connectivity index (χ1n) is 13.7. The Balaban J connectivity index is 1.60. The molecule has 0 aromatic heterocycles. The second-order valence-corrected chi connectivity index (χ2v) is 10.8. The van der Waals surface area contributed by atoms with E-state index in [9.17, 15) is 9.59 Å². The number of morpholine rings is 1. The summed E-state index contributed by atoms with van der Waals surface area (Å²) in [5, 5.41) is 5.96. The lowest BCUT2D eigenvalue weighted by atomic mass is 9.87. The van der Waals surface area contributed by atoms with E-state index in [1.54, 1.807) is 0 Å². The molecule has 1 fully saturated rings. The van der Waals surface area contributed by atoms with Crippen LogP contribution in [0.25, 0.3) is 10.8 Å². The normalized spacial score (nSPS) is 14.2. The third-order valence-corrected chi connectivity index (χ3v) is 6.77. The van der Waals surface area contributed by atoms with E-state index in [4.69, 9.17) is 9.47 Å². The van der Waals surface area contributed by atoms with Gasteiger partial charge in [-0.25, -0.2) is 9.80 Å². The molecule has 0 spiro atoms. The molecule has 3 aromatic carbocycles. The molecule has 1 saturated heterocycles. The summed E-state index contributed by atoms with van der Waals surface area (Å²) in [6.07, 6.45) is 0.982. The minimum atomic E-state index is -0.448. The molecule has 1 aliphatic heterocycles. The average Bonchev–Trinajstić information content (AvgIpc) is 2.92. The summed E-state index contributed by atoms with van der Waals surface area (Å²) in [5.74, 6) is 0.506. The van der Waals surface area contributed by atoms with E-state index in [0.717, 1.165) is 54.9 Å². The van der Waals surface area contributed by atoms with Crippen LogP contribution in [0.4, 0.5) is 16.2 Å². The molecule has 3 amide bonds. The van der Waals surface area contributed by atoms with Gasteiger partial charge in [-0.3, -0.25) is 15.1 Å². The second kappa shape index (κ2) is 13.0. The van der Waals surface area contributed by atoms with Crippen molar-refractivity contribution in [1.29, 1.82) is 0 Å². The third-order valence-electron chi connectivity index (χ3n) is 6.77. The number of ether oxygens (including phenoxy) is 2. The van der Waals surface area contributed by atoms with E-state index in [0.29, 0.717) is 30.8 Å². The maximum Gasteiger partial charge on any atom is 0.345 e. The number of hydrogen-bond acceptors (Lipinski definition) is 5. The molecule has 3 aromatic rings. The number of urea groups is 1. The molecule has 2 N–H and O–H groups in total. The van der Waals surface area contributed by atoms with Crippen molar-refractivity contribution in [3.63, 3.8) is 0 Å². The van der Waals surface area contributed by atoms with Crippen LogP contribution in [-0.4, -0.2) is 56.3 Å². The van der Waals surface area contributed by atoms with Gasteiger partial charge in [-0.15, -0.1) is 0 Å². The number of benzene rings is 3. The standard InChI is InChI=1S/C31H40N4O4/c1-5-9-29(36)33-35(30(37)32-24-11-8-10-23(22-24)31(2,3)4)27-14-15-28(26-13-7-6-12-25(26)27)39-21-18-34-16-19-38-20-17-34/h6-8,10-15,22H,5,9,16-21H2,1-4H3,(H,32,37)(H,33,36). The zero-order chi connectivity index (χ0) is 27.8. The molecular weight excluding hydrogens is 492 g/mol. The van der Waals surface area contributed by atoms with Gasteiger partial charge in [0.1, 0.15) is 12.4 Å². The van der Waals surface area contributed by atoms with Gasteiger partial charge in [0.05, 0.1) is 18.9 Å². The zero-order valence-corrected chi connectivity index (χ0v) is 23.5. The van der Waals surface area contributed by atoms with E-state index in [2.05, 4.69) is 36.4 Å². The van der Waals surface area contributed by atoms with Crippen LogP contribution < -0.4 is 20.5 Å². The Bertz CT molecular complexity index is 1280. The fourth-order valence-electron chi connectivity index (χ4n) is 4.56. The van der Waals surface area contributed by atoms with Crippen molar-refractivity contribution >= 4 is 34.1 Å². The van der Waals surface area contributed by atoms with Crippen molar-refractivity contribution in [2.24, 2.45) is 0 Å². The van der Waals surface area contributed by atoms with Crippen LogP contribution in [0.5, 0.6) is 5.75 Å². The van der Waals surface area contributed by atoms with Gasteiger partial charge in [0, 0.05) is 42.5 Å². The molecule has 1 aliphatic rings. The van der Waals surface area contributed by atoms with Crippen molar-refractivity contribution < 1.29 is 19.1 Å². The van der Waals surface area contributed by atoms with E-state index >= 15 is 0 Å². The van der Waals surface area contributed by atoms with Crippen molar-refractivity contribution in [1.82, 2.24) is 10.3 Å². The topological polar surface area (TPSA) is 83.1 Å². The molecule has 0 aliphatic carbocycles. The molecule has 8 heteroatoms. The van der Waals surface area contributed by atoms with Crippen LogP contribution >= 0.6 is 0 Å². The molecule has 0 radical (unpaired) electrons. The summed E-state index contributed by atoms with van der Waals surface area (Å²) in [7, 11) is 0. The molecular formula is C31H40N4O4. The van der Waals surface area contributed by atoms with E-state index in [1.807, 2.05) is 67.6 Å². The van der Waals surface area contributed by atoms with Gasteiger partial charge in [-0.2, -0.15) is 0 Å². The minimum absolute atomic E-state index is 0.0659. The summed E-state index contributed by atoms with van der Waals surface area (Å²) in [6, 6.07) is 18.8. The summed E-state index contributed by atoms with van der Waals surface area (Å²) < 4.78 is 11.6. The molecule has 0 bridgehead atoms. The molecule has 208 valence electrons. The van der Waals surface area contributed by atoms with Crippen LogP contribution in [-0.2, 0) is 14.9 Å². The summed E-state index contributed by atoms with van der Waals surface area (Å²) in [4.78, 5) is 28.7. The SMILES string of the molecule is CCCC(=O)NN(C(=O)Nc1cccc(C(C)(C)C)c1)c1ccc(OCCN2CCOCC2)c2ccccc12. The first-order valence-corrected chi connectivity index (χ1v) is 13.7. The van der Waals surface area contributed by atoms with Gasteiger partial charge >= 0.3 is 6.03 Å². The zero-order valence-electron chi connectivity index (χ0n) is 23.5. The summed E-state index contributed by atoms with van der Waals surface area (Å²) >= 11 is 0. The van der Waals surface area contributed by atoms with Crippen molar-refractivity contribution in [2.45, 2.75) is 46.0 Å². The molecule has 4 rings (SSSR count). The van der Waals surface area contributed by atoms with Gasteiger partial charge in [-0.05, 0) is 41.7 Å². The number of anilines is 2. The lowest BCUT2D eigenvalue weighted by Gasteiger charge is -2.27.